The highest BCUT2D eigenvalue weighted by Crippen LogP contribution is 2.06. The number of nitrogen functional groups attached to an aromatic ring is 2. The van der Waals surface area contributed by atoms with Crippen LogP contribution in [0.5, 0.6) is 0 Å². The van der Waals surface area contributed by atoms with Crippen LogP contribution in [0.4, 0.5) is 11.5 Å². The van der Waals surface area contributed by atoms with E-state index in [4.69, 9.17) is 95.9 Å². The van der Waals surface area contributed by atoms with Crippen molar-refractivity contribution < 1.29 is 0 Å². The van der Waals surface area contributed by atoms with Crippen LogP contribution in [0, 0.1) is 45.3 Å². The number of nitrogens with zero attached hydrogens (tertiary/aromatic N) is 5. The molecule has 1 saturated heterocycles. The standard InChI is InChI=1S/C18H42N4.C12H29N3.C6H10N2.C6H16N2.C6H12N2.C6H8N2.C5H7N3.C2H4Cl2/c19-13-7-1-3-9-15-21-17-11-5-6-12-18-22-16-10-4-2-8-14-20;13-9-5-1-3-7-11-15-12-8-4-2-6-10-14;7-5-6-3-1-2-4-8-6;3*7-5-3-1-2-4-6-8;6-4-1-2-8-5(7)3-4;3-1-2-4/h21-22H,1-20H2;15H,1-14H2;6,8H,1-4H2;1-8H2;1-5,7H2;1-4H2;1-3H,(H4,6,7,8);1-2H2. The van der Waals surface area contributed by atoms with Gasteiger partial charge in [0.25, 0.3) is 0 Å². The minimum atomic E-state index is 0.142. The van der Waals surface area contributed by atoms with Crippen LogP contribution in [0.2, 0.25) is 0 Å². The zero-order valence-electron chi connectivity index (χ0n) is 51.6. The third-order valence-corrected chi connectivity index (χ3v) is 12.6. The molecule has 22 N–H and O–H groups in total. The maximum absolute atomic E-state index is 8.38. The highest BCUT2D eigenvalue weighted by Gasteiger charge is 2.09. The molecule has 1 atom stereocenters. The van der Waals surface area contributed by atoms with Crippen LogP contribution in [-0.2, 0) is 0 Å². The van der Waals surface area contributed by atoms with Gasteiger partial charge in [0.05, 0.1) is 30.3 Å². The van der Waals surface area contributed by atoms with Crippen molar-refractivity contribution in [3.05, 3.63) is 18.3 Å². The van der Waals surface area contributed by atoms with E-state index < -0.39 is 0 Å². The fourth-order valence-corrected chi connectivity index (χ4v) is 7.22. The Bertz CT molecular complexity index is 1330. The Morgan fingerprint density at radius 2 is 0.716 bits per heavy atom. The molecule has 0 amide bonds. The molecule has 476 valence electrons. The van der Waals surface area contributed by atoms with E-state index in [1.54, 1.807) is 18.3 Å². The van der Waals surface area contributed by atoms with E-state index in [0.29, 0.717) is 42.5 Å². The van der Waals surface area contributed by atoms with Gasteiger partial charge in [0.1, 0.15) is 5.82 Å². The van der Waals surface area contributed by atoms with Gasteiger partial charge in [-0.25, -0.2) is 4.98 Å². The van der Waals surface area contributed by atoms with Crippen LogP contribution >= 0.6 is 23.2 Å². The number of pyridine rings is 1. The Morgan fingerprint density at radius 1 is 0.432 bits per heavy atom. The van der Waals surface area contributed by atoms with Crippen LogP contribution in [0.3, 0.4) is 0 Å². The Labute approximate surface area is 508 Å². The molecule has 81 heavy (non-hydrogen) atoms. The van der Waals surface area contributed by atoms with Crippen LogP contribution in [0.15, 0.2) is 18.3 Å². The third kappa shape index (κ3) is 106. The number of anilines is 2. The van der Waals surface area contributed by atoms with Gasteiger partial charge in [-0.1, -0.05) is 83.5 Å². The van der Waals surface area contributed by atoms with E-state index in [1.807, 2.05) is 12.1 Å². The summed E-state index contributed by atoms with van der Waals surface area (Å²) in [4.78, 5) is 3.74. The second kappa shape index (κ2) is 93.3. The number of aromatic nitrogens is 1. The summed E-state index contributed by atoms with van der Waals surface area (Å²) in [6, 6.07) is 11.8. The van der Waals surface area contributed by atoms with Crippen molar-refractivity contribution >= 4 is 34.7 Å². The number of unbranched alkanes of at least 4 members (excludes halogenated alkanes) is 24. The number of hydrogen-bond donors (Lipinski definition) is 13. The number of alkyl halides is 2. The monoisotopic (exact) mass is 1180 g/mol. The lowest BCUT2D eigenvalue weighted by molar-refractivity contribution is 0.461. The fraction of sp³-hybridized carbons (Fsp3) is 0.852. The topological polar surface area (TPSA) is 390 Å². The zero-order chi connectivity index (χ0) is 61.3. The summed E-state index contributed by atoms with van der Waals surface area (Å²) in [5.41, 5.74) is 48.8. The molecule has 0 bridgehead atoms. The van der Waals surface area contributed by atoms with Crippen LogP contribution in [-0.4, -0.2) is 114 Å². The molecular formula is C61H128Cl2N18. The lowest BCUT2D eigenvalue weighted by Gasteiger charge is -2.15. The highest BCUT2D eigenvalue weighted by molar-refractivity contribution is 6.25. The van der Waals surface area contributed by atoms with Crippen molar-refractivity contribution in [1.29, 1.82) is 21.0 Å². The first-order chi connectivity index (χ1) is 39.7. The molecule has 0 aromatic carbocycles. The Balaban J connectivity index is -0.000000209. The van der Waals surface area contributed by atoms with Crippen molar-refractivity contribution in [3.63, 3.8) is 0 Å². The molecule has 18 nitrogen and oxygen atoms in total. The molecule has 0 saturated carbocycles. The molecule has 20 heteroatoms. The molecule has 2 rings (SSSR count). The number of rotatable bonds is 44. The molecule has 1 aromatic heterocycles. The van der Waals surface area contributed by atoms with Gasteiger partial charge in [0.15, 0.2) is 0 Å². The quantitative estimate of drug-likeness (QED) is 0.0213. The number of nitriles is 4. The summed E-state index contributed by atoms with van der Waals surface area (Å²) < 4.78 is 0. The van der Waals surface area contributed by atoms with E-state index in [2.05, 4.69) is 38.4 Å². The van der Waals surface area contributed by atoms with Crippen molar-refractivity contribution in [1.82, 2.24) is 26.3 Å². The van der Waals surface area contributed by atoms with Crippen molar-refractivity contribution in [2.45, 2.75) is 231 Å². The second-order valence-corrected chi connectivity index (χ2v) is 20.5. The molecule has 2 heterocycles. The first kappa shape index (κ1) is 89.1. The van der Waals surface area contributed by atoms with Gasteiger partial charge in [0, 0.05) is 49.0 Å². The summed E-state index contributed by atoms with van der Waals surface area (Å²) in [6.07, 6.45) is 42.3. The Kier molecular flexibility index (Phi) is 103. The molecule has 1 aliphatic rings. The van der Waals surface area contributed by atoms with Gasteiger partial charge in [-0.05, 0) is 220 Å². The second-order valence-electron chi connectivity index (χ2n) is 19.8. The van der Waals surface area contributed by atoms with Crippen molar-refractivity contribution in [2.24, 2.45) is 40.1 Å². The maximum atomic E-state index is 8.38. The molecule has 0 aliphatic carbocycles. The lowest BCUT2D eigenvalue weighted by Crippen LogP contribution is -2.32. The smallest absolute Gasteiger partial charge is 0.125 e. The SMILES string of the molecule is ClCCCl.N#CC1CCCCN1.N#CCCCCC#N.N#CCCCCCN.NCCCCCCN.NCCCCCCNCCCCCCN.NCCCCCCNCCCCCCNCCCCCCN.Nc1ccnc(N)c1. The maximum Gasteiger partial charge on any atom is 0.125 e. The average Bonchev–Trinajstić information content (AvgIpc) is 3.49. The third-order valence-electron chi connectivity index (χ3n) is 12.0. The Morgan fingerprint density at radius 3 is 0.914 bits per heavy atom. The number of nitrogens with two attached hydrogens (primary N) is 9. The van der Waals surface area contributed by atoms with E-state index in [0.717, 1.165) is 104 Å². The van der Waals surface area contributed by atoms with Gasteiger partial charge < -0.3 is 72.9 Å². The van der Waals surface area contributed by atoms with Crippen LogP contribution < -0.4 is 72.9 Å². The largest absolute Gasteiger partial charge is 0.399 e. The van der Waals surface area contributed by atoms with Crippen LogP contribution in [0.1, 0.15) is 225 Å². The van der Waals surface area contributed by atoms with E-state index in [1.165, 1.54) is 193 Å². The van der Waals surface area contributed by atoms with Gasteiger partial charge in [-0.3, -0.25) is 0 Å². The van der Waals surface area contributed by atoms with E-state index in [9.17, 15) is 0 Å². The van der Waals surface area contributed by atoms with E-state index >= 15 is 0 Å². The molecule has 1 fully saturated rings. The molecular weight excluding hydrogens is 1060 g/mol. The number of piperidine rings is 1. The predicted molar refractivity (Wildman–Crippen MR) is 352 cm³/mol. The van der Waals surface area contributed by atoms with Gasteiger partial charge in [0.2, 0.25) is 0 Å². The first-order valence-corrected chi connectivity index (χ1v) is 32.6. The summed E-state index contributed by atoms with van der Waals surface area (Å²) in [7, 11) is 0. The van der Waals surface area contributed by atoms with Crippen molar-refractivity contribution in [2.75, 3.05) is 115 Å². The fourth-order valence-electron chi connectivity index (χ4n) is 7.22. The zero-order valence-corrected chi connectivity index (χ0v) is 53.1. The first-order valence-electron chi connectivity index (χ1n) is 31.6. The van der Waals surface area contributed by atoms with E-state index in [-0.39, 0.29) is 6.04 Å². The Hall–Kier alpha value is -3.15. The summed E-state index contributed by atoms with van der Waals surface area (Å²) in [6.45, 7) is 13.9. The summed E-state index contributed by atoms with van der Waals surface area (Å²) in [5, 5.41) is 46.2. The minimum Gasteiger partial charge on any atom is -0.399 e. The molecule has 1 unspecified atom stereocenters. The summed E-state index contributed by atoms with van der Waals surface area (Å²) >= 11 is 10.1. The minimum absolute atomic E-state index is 0.142. The lowest BCUT2D eigenvalue weighted by atomic mass is 10.1. The number of halogens is 2. The normalized spacial score (nSPS) is 11.7. The average molecular weight is 1180 g/mol. The molecule has 1 aromatic rings. The van der Waals surface area contributed by atoms with Crippen LogP contribution in [0.25, 0.3) is 0 Å². The highest BCUT2D eigenvalue weighted by atomic mass is 35.5. The van der Waals surface area contributed by atoms with Gasteiger partial charge >= 0.3 is 0 Å². The molecule has 0 spiro atoms. The van der Waals surface area contributed by atoms with Crippen molar-refractivity contribution in [3.8, 4) is 24.3 Å². The number of nitrogens with one attached hydrogen (secondary N) is 4. The number of hydrogen-bond acceptors (Lipinski definition) is 18. The molecule has 0 radical (unpaired) electrons. The van der Waals surface area contributed by atoms with Gasteiger partial charge in [-0.2, -0.15) is 21.0 Å². The molecule has 1 aliphatic heterocycles. The predicted octanol–water partition coefficient (Wildman–Crippen LogP) is 9.83. The van der Waals surface area contributed by atoms with Gasteiger partial charge in [-0.15, -0.1) is 23.2 Å². The summed E-state index contributed by atoms with van der Waals surface area (Å²) in [5.74, 6) is 1.58.